The fourth-order valence-corrected chi connectivity index (χ4v) is 2.51. The highest BCUT2D eigenvalue weighted by Crippen LogP contribution is 2.34. The zero-order chi connectivity index (χ0) is 13.1. The molecule has 2 nitrogen and oxygen atoms in total. The van der Waals surface area contributed by atoms with E-state index in [-0.39, 0.29) is 5.91 Å². The van der Waals surface area contributed by atoms with Crippen LogP contribution in [-0.4, -0.2) is 11.9 Å². The Balaban J connectivity index is 1.98. The number of hydrogen-bond acceptors (Lipinski definition) is 1. The largest absolute Gasteiger partial charge is 0.349 e. The Morgan fingerprint density at radius 3 is 2.83 bits per heavy atom. The molecule has 1 fully saturated rings. The maximum Gasteiger partial charge on any atom is 0.251 e. The van der Waals surface area contributed by atoms with Gasteiger partial charge in [0.05, 0.1) is 5.02 Å². The van der Waals surface area contributed by atoms with E-state index in [0.717, 1.165) is 22.3 Å². The zero-order valence-electron chi connectivity index (χ0n) is 10.4. The Kier molecular flexibility index (Phi) is 4.90. The van der Waals surface area contributed by atoms with Crippen molar-refractivity contribution in [3.05, 3.63) is 32.4 Å². The molecular formula is C14H17ClINO. The quantitative estimate of drug-likeness (QED) is 0.764. The van der Waals surface area contributed by atoms with Crippen molar-refractivity contribution in [2.75, 3.05) is 0 Å². The number of benzene rings is 1. The summed E-state index contributed by atoms with van der Waals surface area (Å²) < 4.78 is 0.968. The van der Waals surface area contributed by atoms with Gasteiger partial charge in [-0.1, -0.05) is 31.4 Å². The molecule has 4 heteroatoms. The molecule has 1 aromatic carbocycles. The lowest BCUT2D eigenvalue weighted by atomic mass is 10.1. The van der Waals surface area contributed by atoms with Crippen LogP contribution in [-0.2, 0) is 0 Å². The molecule has 2 rings (SSSR count). The fourth-order valence-electron chi connectivity index (χ4n) is 1.99. The predicted molar refractivity (Wildman–Crippen MR) is 83.1 cm³/mol. The number of hydrogen-bond donors (Lipinski definition) is 1. The third kappa shape index (κ3) is 3.85. The number of carbonyl (C=O) groups excluding carboxylic acids is 1. The van der Waals surface area contributed by atoms with Gasteiger partial charge in [0.25, 0.3) is 5.91 Å². The molecule has 1 N–H and O–H groups in total. The van der Waals surface area contributed by atoms with Gasteiger partial charge in [-0.05, 0) is 59.5 Å². The first kappa shape index (κ1) is 14.1. The van der Waals surface area contributed by atoms with E-state index in [0.29, 0.717) is 16.6 Å². The van der Waals surface area contributed by atoms with Crippen LogP contribution in [0.15, 0.2) is 18.2 Å². The molecule has 0 radical (unpaired) electrons. The zero-order valence-corrected chi connectivity index (χ0v) is 13.3. The SMILES string of the molecule is CCC(CC1CC1)NC(=O)c1ccc(I)c(Cl)c1. The lowest BCUT2D eigenvalue weighted by molar-refractivity contribution is 0.0932. The lowest BCUT2D eigenvalue weighted by Gasteiger charge is -2.16. The minimum atomic E-state index is -0.0131. The van der Waals surface area contributed by atoms with Gasteiger partial charge in [0.15, 0.2) is 0 Å². The average Bonchev–Trinajstić information content (AvgIpc) is 3.15. The van der Waals surface area contributed by atoms with Gasteiger partial charge in [-0.15, -0.1) is 0 Å². The number of rotatable bonds is 5. The minimum Gasteiger partial charge on any atom is -0.349 e. The highest BCUT2D eigenvalue weighted by atomic mass is 127. The number of halogens is 2. The van der Waals surface area contributed by atoms with E-state index < -0.39 is 0 Å². The van der Waals surface area contributed by atoms with E-state index in [1.165, 1.54) is 12.8 Å². The van der Waals surface area contributed by atoms with Crippen LogP contribution in [0.5, 0.6) is 0 Å². The summed E-state index contributed by atoms with van der Waals surface area (Å²) >= 11 is 8.19. The van der Waals surface area contributed by atoms with E-state index in [1.807, 2.05) is 12.1 Å². The molecule has 0 bridgehead atoms. The lowest BCUT2D eigenvalue weighted by Crippen LogP contribution is -2.34. The summed E-state index contributed by atoms with van der Waals surface area (Å²) in [6.07, 6.45) is 4.74. The van der Waals surface area contributed by atoms with Gasteiger partial charge in [-0.3, -0.25) is 4.79 Å². The van der Waals surface area contributed by atoms with Gasteiger partial charge in [0, 0.05) is 15.2 Å². The molecule has 1 aliphatic rings. The van der Waals surface area contributed by atoms with E-state index in [1.54, 1.807) is 6.07 Å². The summed E-state index contributed by atoms with van der Waals surface area (Å²) in [4.78, 5) is 12.1. The summed E-state index contributed by atoms with van der Waals surface area (Å²) in [6.45, 7) is 2.12. The predicted octanol–water partition coefficient (Wildman–Crippen LogP) is 4.25. The van der Waals surface area contributed by atoms with E-state index in [4.69, 9.17) is 11.6 Å². The molecule has 18 heavy (non-hydrogen) atoms. The van der Waals surface area contributed by atoms with Crippen molar-refractivity contribution in [2.45, 2.75) is 38.6 Å². The van der Waals surface area contributed by atoms with Crippen LogP contribution in [0.1, 0.15) is 43.0 Å². The normalized spacial score (nSPS) is 16.4. The van der Waals surface area contributed by atoms with E-state index in [2.05, 4.69) is 34.8 Å². The molecule has 0 aliphatic heterocycles. The Morgan fingerprint density at radius 2 is 2.28 bits per heavy atom. The van der Waals surface area contributed by atoms with Crippen molar-refractivity contribution in [3.63, 3.8) is 0 Å². The summed E-state index contributed by atoms with van der Waals surface area (Å²) in [5.41, 5.74) is 0.648. The van der Waals surface area contributed by atoms with E-state index >= 15 is 0 Å². The number of carbonyl (C=O) groups is 1. The minimum absolute atomic E-state index is 0.0131. The van der Waals surface area contributed by atoms with Crippen LogP contribution in [0, 0.1) is 9.49 Å². The molecule has 1 saturated carbocycles. The topological polar surface area (TPSA) is 29.1 Å². The number of nitrogens with one attached hydrogen (secondary N) is 1. The van der Waals surface area contributed by atoms with Crippen molar-refractivity contribution in [1.82, 2.24) is 5.32 Å². The van der Waals surface area contributed by atoms with E-state index in [9.17, 15) is 4.79 Å². The van der Waals surface area contributed by atoms with Crippen molar-refractivity contribution in [2.24, 2.45) is 5.92 Å². The molecule has 1 aromatic rings. The Labute approximate surface area is 127 Å². The Hall–Kier alpha value is -0.290. The van der Waals surface area contributed by atoms with Crippen molar-refractivity contribution in [1.29, 1.82) is 0 Å². The molecular weight excluding hydrogens is 361 g/mol. The third-order valence-electron chi connectivity index (χ3n) is 3.32. The summed E-state index contributed by atoms with van der Waals surface area (Å²) in [5.74, 6) is 0.816. The molecule has 0 spiro atoms. The highest BCUT2D eigenvalue weighted by Gasteiger charge is 2.25. The van der Waals surface area contributed by atoms with Crippen LogP contribution < -0.4 is 5.32 Å². The Morgan fingerprint density at radius 1 is 1.56 bits per heavy atom. The van der Waals surface area contributed by atoms with Crippen LogP contribution in [0.25, 0.3) is 0 Å². The molecule has 1 aliphatic carbocycles. The van der Waals surface area contributed by atoms with Gasteiger partial charge < -0.3 is 5.32 Å². The average molecular weight is 378 g/mol. The van der Waals surface area contributed by atoms with Crippen LogP contribution in [0.3, 0.4) is 0 Å². The smallest absolute Gasteiger partial charge is 0.251 e. The maximum absolute atomic E-state index is 12.1. The third-order valence-corrected chi connectivity index (χ3v) is 4.90. The second kappa shape index (κ2) is 6.24. The maximum atomic E-state index is 12.1. The molecule has 1 amide bonds. The van der Waals surface area contributed by atoms with Gasteiger partial charge in [-0.25, -0.2) is 0 Å². The molecule has 98 valence electrons. The van der Waals surface area contributed by atoms with Crippen LogP contribution in [0.2, 0.25) is 5.02 Å². The van der Waals surface area contributed by atoms with Gasteiger partial charge in [-0.2, -0.15) is 0 Å². The van der Waals surface area contributed by atoms with Gasteiger partial charge in [0.2, 0.25) is 0 Å². The first-order valence-corrected chi connectivity index (χ1v) is 7.81. The van der Waals surface area contributed by atoms with Gasteiger partial charge in [0.1, 0.15) is 0 Å². The highest BCUT2D eigenvalue weighted by molar-refractivity contribution is 14.1. The molecule has 0 heterocycles. The van der Waals surface area contributed by atoms with Crippen LogP contribution in [0.4, 0.5) is 0 Å². The Bertz CT molecular complexity index is 445. The summed E-state index contributed by atoms with van der Waals surface area (Å²) in [7, 11) is 0. The van der Waals surface area contributed by atoms with Crippen LogP contribution >= 0.6 is 34.2 Å². The van der Waals surface area contributed by atoms with Crippen molar-refractivity contribution in [3.8, 4) is 0 Å². The molecule has 1 atom stereocenters. The molecule has 0 aromatic heterocycles. The number of amides is 1. The fraction of sp³-hybridized carbons (Fsp3) is 0.500. The molecule has 1 unspecified atom stereocenters. The van der Waals surface area contributed by atoms with Crippen molar-refractivity contribution >= 4 is 40.1 Å². The standard InChI is InChI=1S/C14H17ClINO/c1-2-11(7-9-3-4-9)17-14(18)10-5-6-13(16)12(15)8-10/h5-6,8-9,11H,2-4,7H2,1H3,(H,17,18). The summed E-state index contributed by atoms with van der Waals surface area (Å²) in [5, 5.41) is 3.74. The van der Waals surface area contributed by atoms with Gasteiger partial charge >= 0.3 is 0 Å². The first-order valence-electron chi connectivity index (χ1n) is 6.36. The van der Waals surface area contributed by atoms with Crippen molar-refractivity contribution < 1.29 is 4.79 Å². The second-order valence-corrected chi connectivity index (χ2v) is 6.46. The second-order valence-electron chi connectivity index (χ2n) is 4.89. The first-order chi connectivity index (χ1) is 8.60. The molecule has 0 saturated heterocycles. The summed E-state index contributed by atoms with van der Waals surface area (Å²) in [6, 6.07) is 5.73. The monoisotopic (exact) mass is 377 g/mol.